The van der Waals surface area contributed by atoms with Crippen molar-refractivity contribution < 1.29 is 8.78 Å². The van der Waals surface area contributed by atoms with Gasteiger partial charge in [-0.2, -0.15) is 0 Å². The number of hydrogen-bond donors (Lipinski definition) is 2. The molecule has 3 N–H and O–H groups in total. The number of halogens is 2. The summed E-state index contributed by atoms with van der Waals surface area (Å²) in [6.07, 6.45) is 0. The molecule has 0 spiro atoms. The third-order valence-corrected chi connectivity index (χ3v) is 2.02. The van der Waals surface area contributed by atoms with Crippen LogP contribution in [0.15, 0.2) is 12.1 Å². The van der Waals surface area contributed by atoms with Crippen molar-refractivity contribution in [2.24, 2.45) is 5.84 Å². The smallest absolute Gasteiger partial charge is 0.163 e. The molecule has 0 aliphatic carbocycles. The van der Waals surface area contributed by atoms with E-state index in [1.807, 2.05) is 0 Å². The minimum Gasteiger partial charge on any atom is -0.271 e. The van der Waals surface area contributed by atoms with Gasteiger partial charge in [0.05, 0.1) is 0 Å². The molecule has 0 radical (unpaired) electrons. The predicted octanol–water partition coefficient (Wildman–Crippen LogP) is 1.80. The molecule has 0 bridgehead atoms. The van der Waals surface area contributed by atoms with Crippen molar-refractivity contribution in [1.82, 2.24) is 5.43 Å². The molecule has 72 valence electrons. The maximum atomic E-state index is 13.2. The van der Waals surface area contributed by atoms with Crippen molar-refractivity contribution in [1.29, 1.82) is 0 Å². The monoisotopic (exact) mass is 186 g/mol. The molecule has 0 fully saturated rings. The van der Waals surface area contributed by atoms with E-state index in [1.54, 1.807) is 6.92 Å². The molecule has 1 atom stereocenters. The van der Waals surface area contributed by atoms with Crippen LogP contribution >= 0.6 is 0 Å². The van der Waals surface area contributed by atoms with Gasteiger partial charge in [0.15, 0.2) is 11.6 Å². The van der Waals surface area contributed by atoms with Gasteiger partial charge < -0.3 is 0 Å². The van der Waals surface area contributed by atoms with E-state index >= 15 is 0 Å². The molecule has 0 saturated heterocycles. The lowest BCUT2D eigenvalue weighted by molar-refractivity contribution is 0.472. The maximum absolute atomic E-state index is 13.2. The number of nitrogens with two attached hydrogens (primary N) is 1. The summed E-state index contributed by atoms with van der Waals surface area (Å²) in [7, 11) is 0. The van der Waals surface area contributed by atoms with Crippen molar-refractivity contribution in [2.75, 3.05) is 0 Å². The van der Waals surface area contributed by atoms with Crippen molar-refractivity contribution >= 4 is 0 Å². The van der Waals surface area contributed by atoms with Gasteiger partial charge in [-0.25, -0.2) is 8.78 Å². The van der Waals surface area contributed by atoms with Crippen molar-refractivity contribution in [3.8, 4) is 0 Å². The molecule has 4 heteroatoms. The van der Waals surface area contributed by atoms with E-state index < -0.39 is 17.7 Å². The molecule has 0 aromatic heterocycles. The lowest BCUT2D eigenvalue weighted by Crippen LogP contribution is -2.26. The summed E-state index contributed by atoms with van der Waals surface area (Å²) in [5, 5.41) is 0. The molecule has 0 aliphatic heterocycles. The normalized spacial score (nSPS) is 13.0. The van der Waals surface area contributed by atoms with Crippen LogP contribution in [0.4, 0.5) is 8.78 Å². The maximum Gasteiger partial charge on any atom is 0.163 e. The van der Waals surface area contributed by atoms with Crippen LogP contribution < -0.4 is 11.3 Å². The van der Waals surface area contributed by atoms with Gasteiger partial charge in [-0.1, -0.05) is 12.1 Å². The average molecular weight is 186 g/mol. The lowest BCUT2D eigenvalue weighted by Gasteiger charge is -2.12. The predicted molar refractivity (Wildman–Crippen MR) is 46.8 cm³/mol. The molecule has 1 aromatic carbocycles. The summed E-state index contributed by atoms with van der Waals surface area (Å²) in [4.78, 5) is 0. The Balaban J connectivity index is 3.18. The van der Waals surface area contributed by atoms with Gasteiger partial charge in [-0.05, 0) is 19.4 Å². The zero-order chi connectivity index (χ0) is 10.0. The topological polar surface area (TPSA) is 38.0 Å². The molecule has 0 aliphatic rings. The third kappa shape index (κ3) is 1.84. The molecular formula is C9H12F2N2. The van der Waals surface area contributed by atoms with Crippen LogP contribution in [0.3, 0.4) is 0 Å². The van der Waals surface area contributed by atoms with Crippen LogP contribution in [-0.2, 0) is 0 Å². The van der Waals surface area contributed by atoms with Crippen LogP contribution in [0.2, 0.25) is 0 Å². The Labute approximate surface area is 75.7 Å². The van der Waals surface area contributed by atoms with Crippen molar-refractivity contribution in [3.63, 3.8) is 0 Å². The van der Waals surface area contributed by atoms with E-state index in [2.05, 4.69) is 5.43 Å². The number of hydrogen-bond acceptors (Lipinski definition) is 2. The highest BCUT2D eigenvalue weighted by molar-refractivity contribution is 5.27. The van der Waals surface area contributed by atoms with Gasteiger partial charge in [0.25, 0.3) is 0 Å². The van der Waals surface area contributed by atoms with Gasteiger partial charge in [0, 0.05) is 11.6 Å². The first kappa shape index (κ1) is 10.1. The minimum absolute atomic E-state index is 0.241. The Kier molecular flexibility index (Phi) is 2.95. The van der Waals surface area contributed by atoms with Gasteiger partial charge in [0.2, 0.25) is 0 Å². The molecule has 0 saturated carbocycles. The summed E-state index contributed by atoms with van der Waals surface area (Å²) in [6, 6.07) is 2.66. The number of benzene rings is 1. The number of rotatable bonds is 2. The third-order valence-electron chi connectivity index (χ3n) is 2.02. The number of hydrazine groups is 1. The highest BCUT2D eigenvalue weighted by atomic mass is 19.2. The highest BCUT2D eigenvalue weighted by Crippen LogP contribution is 2.20. The lowest BCUT2D eigenvalue weighted by atomic mass is 10.1. The molecular weight excluding hydrogens is 174 g/mol. The summed E-state index contributed by atoms with van der Waals surface area (Å²) in [6.45, 7) is 3.18. The zero-order valence-corrected chi connectivity index (χ0v) is 7.57. The first-order valence-electron chi connectivity index (χ1n) is 3.98. The average Bonchev–Trinajstić information content (AvgIpc) is 2.13. The van der Waals surface area contributed by atoms with Crippen LogP contribution in [0, 0.1) is 18.6 Å². The quantitative estimate of drug-likeness (QED) is 0.546. The molecule has 1 rings (SSSR count). The van der Waals surface area contributed by atoms with Crippen molar-refractivity contribution in [3.05, 3.63) is 34.9 Å². The molecule has 2 nitrogen and oxygen atoms in total. The second kappa shape index (κ2) is 3.81. The van der Waals surface area contributed by atoms with Crippen LogP contribution in [0.5, 0.6) is 0 Å². The van der Waals surface area contributed by atoms with E-state index in [0.29, 0.717) is 5.56 Å². The number of nitrogens with one attached hydrogen (secondary N) is 1. The largest absolute Gasteiger partial charge is 0.271 e. The van der Waals surface area contributed by atoms with Gasteiger partial charge >= 0.3 is 0 Å². The fourth-order valence-corrected chi connectivity index (χ4v) is 1.09. The van der Waals surface area contributed by atoms with E-state index in [0.717, 1.165) is 0 Å². The summed E-state index contributed by atoms with van der Waals surface area (Å²) < 4.78 is 26.3. The van der Waals surface area contributed by atoms with Gasteiger partial charge in [-0.3, -0.25) is 11.3 Å². The highest BCUT2D eigenvalue weighted by Gasteiger charge is 2.14. The summed E-state index contributed by atoms with van der Waals surface area (Å²) in [5.41, 5.74) is 2.90. The van der Waals surface area contributed by atoms with E-state index in [9.17, 15) is 8.78 Å². The second-order valence-corrected chi connectivity index (χ2v) is 2.99. The summed E-state index contributed by atoms with van der Waals surface area (Å²) in [5.74, 6) is 3.49. The van der Waals surface area contributed by atoms with Gasteiger partial charge in [0.1, 0.15) is 0 Å². The van der Waals surface area contributed by atoms with Crippen LogP contribution in [0.1, 0.15) is 24.1 Å². The molecule has 13 heavy (non-hydrogen) atoms. The molecule has 1 aromatic rings. The first-order chi connectivity index (χ1) is 6.07. The first-order valence-corrected chi connectivity index (χ1v) is 3.98. The SMILES string of the molecule is Cc1ccc(C(C)NN)c(F)c1F. The van der Waals surface area contributed by atoms with Gasteiger partial charge in [-0.15, -0.1) is 0 Å². The van der Waals surface area contributed by atoms with Crippen LogP contribution in [-0.4, -0.2) is 0 Å². The molecule has 0 amide bonds. The Morgan fingerprint density at radius 2 is 1.92 bits per heavy atom. The van der Waals surface area contributed by atoms with Crippen molar-refractivity contribution in [2.45, 2.75) is 19.9 Å². The minimum atomic E-state index is -0.828. The standard InChI is InChI=1S/C9H12F2N2/c1-5-3-4-7(6(2)13-12)9(11)8(5)10/h3-4,6,13H,12H2,1-2H3. The van der Waals surface area contributed by atoms with E-state index in [-0.39, 0.29) is 5.56 Å². The molecule has 1 unspecified atom stereocenters. The number of aryl methyl sites for hydroxylation is 1. The Hall–Kier alpha value is -1.00. The summed E-state index contributed by atoms with van der Waals surface area (Å²) >= 11 is 0. The molecule has 0 heterocycles. The Morgan fingerprint density at radius 3 is 2.46 bits per heavy atom. The zero-order valence-electron chi connectivity index (χ0n) is 7.57. The fraction of sp³-hybridized carbons (Fsp3) is 0.333. The van der Waals surface area contributed by atoms with E-state index in [4.69, 9.17) is 5.84 Å². The fourth-order valence-electron chi connectivity index (χ4n) is 1.09. The van der Waals surface area contributed by atoms with Crippen LogP contribution in [0.25, 0.3) is 0 Å². The second-order valence-electron chi connectivity index (χ2n) is 2.99. The Bertz CT molecular complexity index is 313. The Morgan fingerprint density at radius 1 is 1.31 bits per heavy atom. The van der Waals surface area contributed by atoms with E-state index in [1.165, 1.54) is 19.1 Å².